The van der Waals surface area contributed by atoms with Gasteiger partial charge in [0.05, 0.1) is 34.6 Å². The second kappa shape index (κ2) is 9.21. The molecule has 0 spiro atoms. The van der Waals surface area contributed by atoms with Crippen LogP contribution < -0.4 is 15.4 Å². The maximum atomic E-state index is 13.1. The van der Waals surface area contributed by atoms with E-state index >= 15 is 0 Å². The fraction of sp³-hybridized carbons (Fsp3) is 0.320. The lowest BCUT2D eigenvalue weighted by molar-refractivity contribution is -0.118. The number of anilines is 2. The average molecular weight is 514 g/mol. The summed E-state index contributed by atoms with van der Waals surface area (Å²) < 4.78 is 43.9. The third kappa shape index (κ3) is 4.75. The third-order valence-electron chi connectivity index (χ3n) is 6.07. The van der Waals surface area contributed by atoms with Crippen LogP contribution in [-0.2, 0) is 25.6 Å². The van der Waals surface area contributed by atoms with E-state index < -0.39 is 28.1 Å². The highest BCUT2D eigenvalue weighted by Crippen LogP contribution is 2.40. The highest BCUT2D eigenvalue weighted by atomic mass is 32.2. The standard InChI is InChI=1S/C25H28N3O5PS/c1-15(2)35(31,32)22-9-7-6-8-18(22)23-20(29)12-16-14-26-25(28-24(16)23)27-19-11-10-17(34(4,5)30)13-21(19)33-3/h6-11,13-15,23H,12H2,1-5H3,(H,26,27,28). The second-order valence-electron chi connectivity index (χ2n) is 9.17. The van der Waals surface area contributed by atoms with Crippen molar-refractivity contribution >= 4 is 39.7 Å². The fourth-order valence-corrected chi connectivity index (χ4v) is 6.25. The van der Waals surface area contributed by atoms with Gasteiger partial charge in [0.15, 0.2) is 15.6 Å². The number of rotatable bonds is 7. The monoisotopic (exact) mass is 513 g/mol. The molecule has 0 bridgehead atoms. The molecule has 0 amide bonds. The van der Waals surface area contributed by atoms with Crippen LogP contribution in [0.25, 0.3) is 0 Å². The first-order chi connectivity index (χ1) is 16.4. The van der Waals surface area contributed by atoms with Crippen molar-refractivity contribution in [1.82, 2.24) is 9.97 Å². The van der Waals surface area contributed by atoms with Gasteiger partial charge in [-0.15, -0.1) is 0 Å². The molecule has 1 N–H and O–H groups in total. The van der Waals surface area contributed by atoms with E-state index in [1.54, 1.807) is 75.8 Å². The van der Waals surface area contributed by atoms with E-state index in [9.17, 15) is 17.8 Å². The Labute approximate surface area is 205 Å². The summed E-state index contributed by atoms with van der Waals surface area (Å²) in [5.74, 6) is -0.193. The molecule has 1 unspecified atom stereocenters. The molecule has 0 saturated heterocycles. The molecule has 4 rings (SSSR count). The zero-order valence-corrected chi connectivity index (χ0v) is 22.0. The normalized spacial score (nSPS) is 15.8. The molecule has 35 heavy (non-hydrogen) atoms. The van der Waals surface area contributed by atoms with Gasteiger partial charge in [-0.25, -0.2) is 18.4 Å². The molecular weight excluding hydrogens is 485 g/mol. The fourth-order valence-electron chi connectivity index (χ4n) is 4.10. The number of benzene rings is 2. The third-order valence-corrected chi connectivity index (χ3v) is 9.82. The number of ether oxygens (including phenoxy) is 1. The van der Waals surface area contributed by atoms with Crippen LogP contribution in [-0.4, -0.2) is 49.9 Å². The maximum absolute atomic E-state index is 13.1. The first-order valence-electron chi connectivity index (χ1n) is 11.2. The van der Waals surface area contributed by atoms with E-state index in [0.29, 0.717) is 33.6 Å². The molecule has 1 aliphatic carbocycles. The lowest BCUT2D eigenvalue weighted by atomic mass is 9.96. The van der Waals surface area contributed by atoms with Crippen molar-refractivity contribution in [3.63, 3.8) is 0 Å². The van der Waals surface area contributed by atoms with E-state index in [-0.39, 0.29) is 23.0 Å². The van der Waals surface area contributed by atoms with E-state index in [0.717, 1.165) is 0 Å². The molecule has 8 nitrogen and oxygen atoms in total. The number of nitrogens with zero attached hydrogens (tertiary/aromatic N) is 2. The van der Waals surface area contributed by atoms with Crippen molar-refractivity contribution in [1.29, 1.82) is 0 Å². The lowest BCUT2D eigenvalue weighted by Crippen LogP contribution is -2.19. The molecule has 184 valence electrons. The van der Waals surface area contributed by atoms with Gasteiger partial charge in [-0.2, -0.15) is 0 Å². The molecule has 2 aromatic carbocycles. The van der Waals surface area contributed by atoms with Gasteiger partial charge in [-0.1, -0.05) is 18.2 Å². The molecule has 1 atom stereocenters. The van der Waals surface area contributed by atoms with Crippen LogP contribution in [0.15, 0.2) is 53.6 Å². The molecule has 0 saturated carbocycles. The molecule has 0 aliphatic heterocycles. The smallest absolute Gasteiger partial charge is 0.227 e. The summed E-state index contributed by atoms with van der Waals surface area (Å²) in [5.41, 5.74) is 2.16. The van der Waals surface area contributed by atoms with Gasteiger partial charge in [0.25, 0.3) is 0 Å². The van der Waals surface area contributed by atoms with Crippen LogP contribution >= 0.6 is 7.14 Å². The van der Waals surface area contributed by atoms with Gasteiger partial charge in [0.1, 0.15) is 12.9 Å². The van der Waals surface area contributed by atoms with Gasteiger partial charge in [-0.05, 0) is 57.0 Å². The Balaban J connectivity index is 1.75. The van der Waals surface area contributed by atoms with Crippen molar-refractivity contribution in [2.24, 2.45) is 0 Å². The summed E-state index contributed by atoms with van der Waals surface area (Å²) in [7, 11) is -4.56. The Hall–Kier alpha value is -3.03. The Morgan fingerprint density at radius 2 is 1.86 bits per heavy atom. The first-order valence-corrected chi connectivity index (χ1v) is 15.3. The van der Waals surface area contributed by atoms with E-state index in [1.165, 1.54) is 7.11 Å². The number of aromatic nitrogens is 2. The second-order valence-corrected chi connectivity index (χ2v) is 14.9. The SMILES string of the molecule is COc1cc(P(C)(C)=O)ccc1Nc1ncc2c(n1)C(c1ccccc1S(=O)(=O)C(C)C)C(=O)C2. The molecule has 0 radical (unpaired) electrons. The Morgan fingerprint density at radius 3 is 2.51 bits per heavy atom. The summed E-state index contributed by atoms with van der Waals surface area (Å²) in [5, 5.41) is 3.17. The number of ketones is 1. The number of fused-ring (bicyclic) bond motifs is 1. The van der Waals surface area contributed by atoms with Crippen LogP contribution in [0.3, 0.4) is 0 Å². The molecule has 1 heterocycles. The van der Waals surface area contributed by atoms with Gasteiger partial charge in [0.2, 0.25) is 5.95 Å². The van der Waals surface area contributed by atoms with Crippen molar-refractivity contribution in [3.05, 3.63) is 65.5 Å². The van der Waals surface area contributed by atoms with Crippen LogP contribution in [0.1, 0.15) is 36.6 Å². The zero-order chi connectivity index (χ0) is 25.5. The van der Waals surface area contributed by atoms with Gasteiger partial charge in [0, 0.05) is 23.5 Å². The van der Waals surface area contributed by atoms with Crippen LogP contribution in [0.2, 0.25) is 0 Å². The van der Waals surface area contributed by atoms with E-state index in [2.05, 4.69) is 15.3 Å². The minimum Gasteiger partial charge on any atom is -0.495 e. The van der Waals surface area contributed by atoms with Crippen LogP contribution in [0, 0.1) is 0 Å². The van der Waals surface area contributed by atoms with E-state index in [1.807, 2.05) is 0 Å². The molecule has 10 heteroatoms. The predicted molar refractivity (Wildman–Crippen MR) is 137 cm³/mol. The summed E-state index contributed by atoms with van der Waals surface area (Å²) >= 11 is 0. The largest absolute Gasteiger partial charge is 0.495 e. The lowest BCUT2D eigenvalue weighted by Gasteiger charge is -2.18. The number of Topliss-reactive ketones (excluding diaryl/α,β-unsaturated/α-hetero) is 1. The molecule has 0 fully saturated rings. The minimum atomic E-state index is -3.61. The Bertz CT molecular complexity index is 1460. The summed E-state index contributed by atoms with van der Waals surface area (Å²) in [6, 6.07) is 11.8. The van der Waals surface area contributed by atoms with Gasteiger partial charge in [-0.3, -0.25) is 4.79 Å². The highest BCUT2D eigenvalue weighted by molar-refractivity contribution is 7.92. The Kier molecular flexibility index (Phi) is 6.60. The van der Waals surface area contributed by atoms with Crippen molar-refractivity contribution in [2.75, 3.05) is 25.8 Å². The molecule has 1 aromatic heterocycles. The molecule has 3 aromatic rings. The van der Waals surface area contributed by atoms with Crippen molar-refractivity contribution in [3.8, 4) is 5.75 Å². The molecular formula is C25H28N3O5PS. The number of carbonyl (C=O) groups excluding carboxylic acids is 1. The first kappa shape index (κ1) is 25.1. The quantitative estimate of drug-likeness (QED) is 0.473. The number of sulfone groups is 1. The predicted octanol–water partition coefficient (Wildman–Crippen LogP) is 3.92. The molecule has 1 aliphatic rings. The number of methoxy groups -OCH3 is 1. The van der Waals surface area contributed by atoms with Crippen LogP contribution in [0.4, 0.5) is 11.6 Å². The van der Waals surface area contributed by atoms with Gasteiger partial charge >= 0.3 is 0 Å². The van der Waals surface area contributed by atoms with Crippen molar-refractivity contribution < 1.29 is 22.5 Å². The number of hydrogen-bond donors (Lipinski definition) is 1. The number of carbonyl (C=O) groups is 1. The van der Waals surface area contributed by atoms with Crippen LogP contribution in [0.5, 0.6) is 5.75 Å². The summed E-state index contributed by atoms with van der Waals surface area (Å²) in [4.78, 5) is 22.2. The highest BCUT2D eigenvalue weighted by Gasteiger charge is 2.37. The maximum Gasteiger partial charge on any atom is 0.227 e. The number of hydrogen-bond acceptors (Lipinski definition) is 8. The minimum absolute atomic E-state index is 0.124. The van der Waals surface area contributed by atoms with Gasteiger partial charge < -0.3 is 14.6 Å². The zero-order valence-electron chi connectivity index (χ0n) is 20.3. The van der Waals surface area contributed by atoms with Crippen molar-refractivity contribution in [2.45, 2.75) is 36.3 Å². The summed E-state index contributed by atoms with van der Waals surface area (Å²) in [6.07, 6.45) is 1.73. The average Bonchev–Trinajstić information content (AvgIpc) is 3.13. The topological polar surface area (TPSA) is 115 Å². The summed E-state index contributed by atoms with van der Waals surface area (Å²) in [6.45, 7) is 6.62. The Morgan fingerprint density at radius 1 is 1.14 bits per heavy atom. The number of nitrogens with one attached hydrogen (secondary N) is 1. The van der Waals surface area contributed by atoms with E-state index in [4.69, 9.17) is 4.74 Å².